The first-order valence-corrected chi connectivity index (χ1v) is 7.31. The number of aromatic nitrogens is 3. The third-order valence-corrected chi connectivity index (χ3v) is 3.72. The molecular formula is C15H14F3N5O. The second-order valence-electron chi connectivity index (χ2n) is 5.27. The van der Waals surface area contributed by atoms with Crippen molar-refractivity contribution in [3.8, 4) is 0 Å². The molecule has 24 heavy (non-hydrogen) atoms. The standard InChI is InChI=1S/C15H14F3N5O/c16-15(17,18)12-4-5-13(21-20-12)22-7-9-23(10-8-22)14(24)11-3-1-2-6-19-11/h1-6H,7-10H2. The number of halogens is 3. The first-order valence-electron chi connectivity index (χ1n) is 7.31. The predicted molar refractivity (Wildman–Crippen MR) is 79.4 cm³/mol. The molecule has 0 aliphatic carbocycles. The molecule has 3 heterocycles. The predicted octanol–water partition coefficient (Wildman–Crippen LogP) is 1.85. The number of hydrogen-bond donors (Lipinski definition) is 0. The van der Waals surface area contributed by atoms with E-state index >= 15 is 0 Å². The molecule has 1 fully saturated rings. The minimum Gasteiger partial charge on any atom is -0.352 e. The zero-order valence-electron chi connectivity index (χ0n) is 12.6. The largest absolute Gasteiger partial charge is 0.435 e. The molecule has 126 valence electrons. The van der Waals surface area contributed by atoms with Gasteiger partial charge in [-0.15, -0.1) is 10.2 Å². The molecule has 0 radical (unpaired) electrons. The normalized spacial score (nSPS) is 15.5. The van der Waals surface area contributed by atoms with Crippen LogP contribution in [0.15, 0.2) is 36.5 Å². The Morgan fingerprint density at radius 1 is 1.00 bits per heavy atom. The SMILES string of the molecule is O=C(c1ccccn1)N1CCN(c2ccc(C(F)(F)F)nn2)CC1. The molecule has 3 rings (SSSR count). The van der Waals surface area contributed by atoms with Crippen molar-refractivity contribution in [3.05, 3.63) is 47.9 Å². The van der Waals surface area contributed by atoms with Gasteiger partial charge in [0.25, 0.3) is 5.91 Å². The summed E-state index contributed by atoms with van der Waals surface area (Å²) in [5, 5.41) is 6.86. The van der Waals surface area contributed by atoms with Gasteiger partial charge in [0.05, 0.1) is 0 Å². The van der Waals surface area contributed by atoms with E-state index in [0.29, 0.717) is 37.7 Å². The van der Waals surface area contributed by atoms with E-state index in [9.17, 15) is 18.0 Å². The van der Waals surface area contributed by atoms with Gasteiger partial charge in [0, 0.05) is 32.4 Å². The van der Waals surface area contributed by atoms with Crippen LogP contribution in [0.1, 0.15) is 16.2 Å². The third kappa shape index (κ3) is 3.44. The lowest BCUT2D eigenvalue weighted by Crippen LogP contribution is -2.49. The van der Waals surface area contributed by atoms with Crippen LogP contribution in [-0.4, -0.2) is 52.2 Å². The van der Waals surface area contributed by atoms with Crippen molar-refractivity contribution < 1.29 is 18.0 Å². The van der Waals surface area contributed by atoms with Crippen molar-refractivity contribution in [1.29, 1.82) is 0 Å². The number of carbonyl (C=O) groups excluding carboxylic acids is 1. The molecule has 2 aromatic rings. The summed E-state index contributed by atoms with van der Waals surface area (Å²) >= 11 is 0. The van der Waals surface area contributed by atoms with Gasteiger partial charge in [0.1, 0.15) is 5.69 Å². The number of alkyl halides is 3. The number of rotatable bonds is 2. The highest BCUT2D eigenvalue weighted by atomic mass is 19.4. The summed E-state index contributed by atoms with van der Waals surface area (Å²) in [5.74, 6) is 0.210. The van der Waals surface area contributed by atoms with E-state index in [0.717, 1.165) is 6.07 Å². The van der Waals surface area contributed by atoms with E-state index in [-0.39, 0.29) is 5.91 Å². The Hall–Kier alpha value is -2.71. The molecule has 1 saturated heterocycles. The van der Waals surface area contributed by atoms with Crippen molar-refractivity contribution in [2.75, 3.05) is 31.1 Å². The zero-order valence-corrected chi connectivity index (χ0v) is 12.6. The molecule has 1 amide bonds. The number of pyridine rings is 1. The summed E-state index contributed by atoms with van der Waals surface area (Å²) in [6.07, 6.45) is -2.94. The van der Waals surface area contributed by atoms with Crippen molar-refractivity contribution in [2.45, 2.75) is 6.18 Å². The molecule has 0 saturated carbocycles. The molecule has 0 spiro atoms. The Labute approximate surface area is 135 Å². The first kappa shape index (κ1) is 16.2. The van der Waals surface area contributed by atoms with Crippen molar-refractivity contribution in [1.82, 2.24) is 20.1 Å². The summed E-state index contributed by atoms with van der Waals surface area (Å²) in [6.45, 7) is 1.83. The van der Waals surface area contributed by atoms with Crippen LogP contribution in [-0.2, 0) is 6.18 Å². The topological polar surface area (TPSA) is 62.2 Å². The molecule has 0 N–H and O–H groups in total. The molecule has 1 aliphatic heterocycles. The van der Waals surface area contributed by atoms with E-state index in [1.165, 1.54) is 6.07 Å². The van der Waals surface area contributed by atoms with Crippen LogP contribution in [0.5, 0.6) is 0 Å². The maximum Gasteiger partial charge on any atom is 0.435 e. The fraction of sp³-hybridized carbons (Fsp3) is 0.333. The van der Waals surface area contributed by atoms with Gasteiger partial charge in [0.15, 0.2) is 11.5 Å². The Bertz CT molecular complexity index is 697. The first-order chi connectivity index (χ1) is 11.4. The van der Waals surface area contributed by atoms with Crippen molar-refractivity contribution >= 4 is 11.7 Å². The highest BCUT2D eigenvalue weighted by Crippen LogP contribution is 2.27. The number of piperazine rings is 1. The maximum absolute atomic E-state index is 12.5. The van der Waals surface area contributed by atoms with E-state index < -0.39 is 11.9 Å². The lowest BCUT2D eigenvalue weighted by molar-refractivity contribution is -0.141. The van der Waals surface area contributed by atoms with Crippen LogP contribution < -0.4 is 4.90 Å². The third-order valence-electron chi connectivity index (χ3n) is 3.72. The Morgan fingerprint density at radius 2 is 1.75 bits per heavy atom. The molecule has 0 aromatic carbocycles. The molecule has 0 bridgehead atoms. The molecular weight excluding hydrogens is 323 g/mol. The van der Waals surface area contributed by atoms with Crippen LogP contribution in [0.2, 0.25) is 0 Å². The second kappa shape index (κ2) is 6.42. The average Bonchev–Trinajstić information content (AvgIpc) is 2.61. The summed E-state index contributed by atoms with van der Waals surface area (Å²) in [5.41, 5.74) is -0.643. The molecule has 0 atom stereocenters. The van der Waals surface area contributed by atoms with Gasteiger partial charge >= 0.3 is 6.18 Å². The van der Waals surface area contributed by atoms with Gasteiger partial charge in [-0.25, -0.2) is 0 Å². The highest BCUT2D eigenvalue weighted by Gasteiger charge is 2.33. The van der Waals surface area contributed by atoms with E-state index in [4.69, 9.17) is 0 Å². The average molecular weight is 337 g/mol. The quantitative estimate of drug-likeness (QED) is 0.837. The maximum atomic E-state index is 12.5. The summed E-state index contributed by atoms with van der Waals surface area (Å²) in [4.78, 5) is 19.8. The van der Waals surface area contributed by atoms with Gasteiger partial charge < -0.3 is 9.80 Å². The summed E-state index contributed by atoms with van der Waals surface area (Å²) < 4.78 is 37.5. The fourth-order valence-electron chi connectivity index (χ4n) is 2.43. The van der Waals surface area contributed by atoms with Crippen LogP contribution in [0.25, 0.3) is 0 Å². The molecule has 1 aliphatic rings. The molecule has 6 nitrogen and oxygen atoms in total. The number of carbonyl (C=O) groups is 1. The van der Waals surface area contributed by atoms with Gasteiger partial charge in [-0.05, 0) is 24.3 Å². The van der Waals surface area contributed by atoms with Gasteiger partial charge in [-0.3, -0.25) is 9.78 Å². The van der Waals surface area contributed by atoms with Crippen molar-refractivity contribution in [3.63, 3.8) is 0 Å². The van der Waals surface area contributed by atoms with Crippen LogP contribution in [0, 0.1) is 0 Å². The summed E-state index contributed by atoms with van der Waals surface area (Å²) in [6, 6.07) is 7.34. The zero-order chi connectivity index (χ0) is 17.2. The molecule has 0 unspecified atom stereocenters. The van der Waals surface area contributed by atoms with Gasteiger partial charge in [-0.2, -0.15) is 13.2 Å². The van der Waals surface area contributed by atoms with Crippen LogP contribution in [0.3, 0.4) is 0 Å². The Morgan fingerprint density at radius 3 is 2.29 bits per heavy atom. The van der Waals surface area contributed by atoms with Gasteiger partial charge in [-0.1, -0.05) is 6.07 Å². The highest BCUT2D eigenvalue weighted by molar-refractivity contribution is 5.92. The molecule has 2 aromatic heterocycles. The minimum absolute atomic E-state index is 0.159. The number of hydrogen-bond acceptors (Lipinski definition) is 5. The number of anilines is 1. The van der Waals surface area contributed by atoms with E-state index in [2.05, 4.69) is 15.2 Å². The smallest absolute Gasteiger partial charge is 0.352 e. The van der Waals surface area contributed by atoms with Crippen LogP contribution >= 0.6 is 0 Å². The minimum atomic E-state index is -4.50. The lowest BCUT2D eigenvalue weighted by atomic mass is 10.2. The monoisotopic (exact) mass is 337 g/mol. The fourth-order valence-corrected chi connectivity index (χ4v) is 2.43. The second-order valence-corrected chi connectivity index (χ2v) is 5.27. The Balaban J connectivity index is 1.62. The Kier molecular flexibility index (Phi) is 4.32. The van der Waals surface area contributed by atoms with Crippen molar-refractivity contribution in [2.24, 2.45) is 0 Å². The molecule has 9 heteroatoms. The lowest BCUT2D eigenvalue weighted by Gasteiger charge is -2.35. The number of amides is 1. The summed E-state index contributed by atoms with van der Waals surface area (Å²) in [7, 11) is 0. The van der Waals surface area contributed by atoms with E-state index in [1.807, 2.05) is 0 Å². The van der Waals surface area contributed by atoms with Gasteiger partial charge in [0.2, 0.25) is 0 Å². The van der Waals surface area contributed by atoms with E-state index in [1.54, 1.807) is 34.2 Å². The van der Waals surface area contributed by atoms with Crippen LogP contribution in [0.4, 0.5) is 19.0 Å². The number of nitrogens with zero attached hydrogens (tertiary/aromatic N) is 5.